The Labute approximate surface area is 135 Å². The van der Waals surface area contributed by atoms with Gasteiger partial charge in [0.2, 0.25) is 0 Å². The standard InChI is InChI=1S/C17H21N3O3/c1-3-11-20-16(21)10-9-14(19-20)17(22)18-13-7-5-6-8-15(13)23-12-4-2/h5-10H,3-4,11-12H2,1-2H3,(H,18,22). The molecule has 1 aromatic carbocycles. The zero-order valence-electron chi connectivity index (χ0n) is 13.4. The number of ether oxygens (including phenoxy) is 1. The van der Waals surface area contributed by atoms with Crippen molar-refractivity contribution >= 4 is 11.6 Å². The quantitative estimate of drug-likeness (QED) is 0.852. The Morgan fingerprint density at radius 1 is 1.17 bits per heavy atom. The van der Waals surface area contributed by atoms with E-state index in [0.29, 0.717) is 24.6 Å². The molecule has 1 heterocycles. The van der Waals surface area contributed by atoms with E-state index < -0.39 is 0 Å². The Hall–Kier alpha value is -2.63. The third-order valence-corrected chi connectivity index (χ3v) is 3.13. The van der Waals surface area contributed by atoms with Crippen LogP contribution in [0.25, 0.3) is 0 Å². The van der Waals surface area contributed by atoms with E-state index in [-0.39, 0.29) is 17.2 Å². The summed E-state index contributed by atoms with van der Waals surface area (Å²) in [5.41, 5.74) is 0.569. The first-order valence-corrected chi connectivity index (χ1v) is 7.77. The summed E-state index contributed by atoms with van der Waals surface area (Å²) in [7, 11) is 0. The molecule has 6 nitrogen and oxygen atoms in total. The topological polar surface area (TPSA) is 73.2 Å². The predicted molar refractivity (Wildman–Crippen MR) is 89.0 cm³/mol. The Morgan fingerprint density at radius 2 is 1.96 bits per heavy atom. The number of carbonyl (C=O) groups excluding carboxylic acids is 1. The minimum absolute atomic E-state index is 0.198. The molecular formula is C17H21N3O3. The molecule has 0 saturated heterocycles. The largest absolute Gasteiger partial charge is 0.491 e. The van der Waals surface area contributed by atoms with Crippen LogP contribution in [0.15, 0.2) is 41.2 Å². The van der Waals surface area contributed by atoms with Crippen molar-refractivity contribution in [2.24, 2.45) is 0 Å². The van der Waals surface area contributed by atoms with Crippen LogP contribution in [-0.4, -0.2) is 22.3 Å². The highest BCUT2D eigenvalue weighted by molar-refractivity contribution is 6.03. The highest BCUT2D eigenvalue weighted by Crippen LogP contribution is 2.24. The van der Waals surface area contributed by atoms with Gasteiger partial charge < -0.3 is 10.1 Å². The summed E-state index contributed by atoms with van der Waals surface area (Å²) in [6, 6.07) is 10.0. The van der Waals surface area contributed by atoms with E-state index in [0.717, 1.165) is 12.8 Å². The lowest BCUT2D eigenvalue weighted by Crippen LogP contribution is -2.26. The van der Waals surface area contributed by atoms with Crippen molar-refractivity contribution < 1.29 is 9.53 Å². The fourth-order valence-corrected chi connectivity index (χ4v) is 2.04. The van der Waals surface area contributed by atoms with Gasteiger partial charge in [0.1, 0.15) is 11.4 Å². The number of nitrogens with one attached hydrogen (secondary N) is 1. The third kappa shape index (κ3) is 4.42. The van der Waals surface area contributed by atoms with Gasteiger partial charge in [-0.2, -0.15) is 5.10 Å². The average molecular weight is 315 g/mol. The number of nitrogens with zero attached hydrogens (tertiary/aromatic N) is 2. The number of hydrogen-bond acceptors (Lipinski definition) is 4. The molecule has 1 amide bonds. The summed E-state index contributed by atoms with van der Waals surface area (Å²) in [4.78, 5) is 24.0. The molecule has 1 aromatic heterocycles. The number of amides is 1. The van der Waals surface area contributed by atoms with Gasteiger partial charge in [0.15, 0.2) is 0 Å². The second-order valence-corrected chi connectivity index (χ2v) is 5.08. The molecule has 0 spiro atoms. The molecule has 0 fully saturated rings. The van der Waals surface area contributed by atoms with Gasteiger partial charge in [-0.05, 0) is 31.0 Å². The monoisotopic (exact) mass is 315 g/mol. The fourth-order valence-electron chi connectivity index (χ4n) is 2.04. The van der Waals surface area contributed by atoms with E-state index in [1.165, 1.54) is 16.8 Å². The van der Waals surface area contributed by atoms with Crippen molar-refractivity contribution in [3.8, 4) is 5.75 Å². The van der Waals surface area contributed by atoms with Crippen LogP contribution in [0.4, 0.5) is 5.69 Å². The number of anilines is 1. The summed E-state index contributed by atoms with van der Waals surface area (Å²) in [5, 5.41) is 6.88. The lowest BCUT2D eigenvalue weighted by Gasteiger charge is -2.12. The summed E-state index contributed by atoms with van der Waals surface area (Å²) in [5.74, 6) is 0.243. The van der Waals surface area contributed by atoms with Crippen molar-refractivity contribution in [1.29, 1.82) is 0 Å². The average Bonchev–Trinajstić information content (AvgIpc) is 2.56. The Morgan fingerprint density at radius 3 is 2.70 bits per heavy atom. The first-order valence-electron chi connectivity index (χ1n) is 7.77. The maximum Gasteiger partial charge on any atom is 0.276 e. The second-order valence-electron chi connectivity index (χ2n) is 5.08. The number of benzene rings is 1. The number of aryl methyl sites for hydroxylation is 1. The molecule has 1 N–H and O–H groups in total. The Balaban J connectivity index is 2.19. The van der Waals surface area contributed by atoms with E-state index in [9.17, 15) is 9.59 Å². The van der Waals surface area contributed by atoms with Crippen LogP contribution in [-0.2, 0) is 6.54 Å². The Bertz CT molecular complexity index is 725. The maximum atomic E-state index is 12.4. The highest BCUT2D eigenvalue weighted by Gasteiger charge is 2.12. The first-order chi connectivity index (χ1) is 11.2. The molecule has 0 saturated carbocycles. The maximum absolute atomic E-state index is 12.4. The van der Waals surface area contributed by atoms with Crippen molar-refractivity contribution in [2.45, 2.75) is 33.2 Å². The van der Waals surface area contributed by atoms with Crippen LogP contribution in [0.2, 0.25) is 0 Å². The predicted octanol–water partition coefficient (Wildman–Crippen LogP) is 2.69. The molecule has 0 radical (unpaired) electrons. The molecule has 0 aliphatic carbocycles. The molecule has 6 heteroatoms. The number of para-hydroxylation sites is 2. The van der Waals surface area contributed by atoms with E-state index in [1.54, 1.807) is 12.1 Å². The highest BCUT2D eigenvalue weighted by atomic mass is 16.5. The van der Waals surface area contributed by atoms with Gasteiger partial charge in [-0.1, -0.05) is 26.0 Å². The molecule has 23 heavy (non-hydrogen) atoms. The van der Waals surface area contributed by atoms with Crippen molar-refractivity contribution in [3.63, 3.8) is 0 Å². The Kier molecular flexibility index (Phi) is 5.91. The van der Waals surface area contributed by atoms with Gasteiger partial charge in [0.05, 0.1) is 12.3 Å². The zero-order chi connectivity index (χ0) is 16.7. The van der Waals surface area contributed by atoms with Crippen molar-refractivity contribution in [2.75, 3.05) is 11.9 Å². The fraction of sp³-hybridized carbons (Fsp3) is 0.353. The smallest absolute Gasteiger partial charge is 0.276 e. The molecule has 0 atom stereocenters. The van der Waals surface area contributed by atoms with E-state index >= 15 is 0 Å². The van der Waals surface area contributed by atoms with Crippen LogP contribution in [0, 0.1) is 0 Å². The van der Waals surface area contributed by atoms with E-state index in [4.69, 9.17) is 4.74 Å². The third-order valence-electron chi connectivity index (χ3n) is 3.13. The molecular weight excluding hydrogens is 294 g/mol. The zero-order valence-corrected chi connectivity index (χ0v) is 13.4. The minimum Gasteiger partial charge on any atom is -0.491 e. The van der Waals surface area contributed by atoms with Crippen LogP contribution in [0.5, 0.6) is 5.75 Å². The second kappa shape index (κ2) is 8.12. The van der Waals surface area contributed by atoms with Gasteiger partial charge >= 0.3 is 0 Å². The van der Waals surface area contributed by atoms with E-state index in [2.05, 4.69) is 10.4 Å². The van der Waals surface area contributed by atoms with Gasteiger partial charge in [0, 0.05) is 12.6 Å². The van der Waals surface area contributed by atoms with Gasteiger partial charge in [-0.25, -0.2) is 4.68 Å². The molecule has 122 valence electrons. The lowest BCUT2D eigenvalue weighted by atomic mass is 10.2. The molecule has 0 bridgehead atoms. The summed E-state index contributed by atoms with van der Waals surface area (Å²) < 4.78 is 6.91. The van der Waals surface area contributed by atoms with Gasteiger partial charge in [-0.3, -0.25) is 9.59 Å². The van der Waals surface area contributed by atoms with Crippen LogP contribution >= 0.6 is 0 Å². The number of aromatic nitrogens is 2. The summed E-state index contributed by atoms with van der Waals surface area (Å²) in [6.07, 6.45) is 1.65. The van der Waals surface area contributed by atoms with Gasteiger partial charge in [0.25, 0.3) is 11.5 Å². The lowest BCUT2D eigenvalue weighted by molar-refractivity contribution is 0.101. The van der Waals surface area contributed by atoms with Gasteiger partial charge in [-0.15, -0.1) is 0 Å². The van der Waals surface area contributed by atoms with Crippen molar-refractivity contribution in [1.82, 2.24) is 9.78 Å². The molecule has 2 rings (SSSR count). The SMILES string of the molecule is CCCOc1ccccc1NC(=O)c1ccc(=O)n(CCC)n1. The number of carbonyl (C=O) groups is 1. The normalized spacial score (nSPS) is 10.3. The summed E-state index contributed by atoms with van der Waals surface area (Å²) in [6.45, 7) is 5.02. The first kappa shape index (κ1) is 16.7. The van der Waals surface area contributed by atoms with Crippen LogP contribution in [0.3, 0.4) is 0 Å². The molecule has 0 aliphatic rings. The van der Waals surface area contributed by atoms with Crippen LogP contribution in [0.1, 0.15) is 37.2 Å². The van der Waals surface area contributed by atoms with Crippen molar-refractivity contribution in [3.05, 3.63) is 52.4 Å². The number of hydrogen-bond donors (Lipinski definition) is 1. The molecule has 0 unspecified atom stereocenters. The molecule has 0 aliphatic heterocycles. The summed E-state index contributed by atoms with van der Waals surface area (Å²) >= 11 is 0. The van der Waals surface area contributed by atoms with E-state index in [1.807, 2.05) is 26.0 Å². The van der Waals surface area contributed by atoms with Crippen LogP contribution < -0.4 is 15.6 Å². The molecule has 2 aromatic rings. The number of rotatable bonds is 7. The minimum atomic E-state index is -0.373.